The van der Waals surface area contributed by atoms with Crippen LogP contribution in [0.4, 0.5) is 0 Å². The first-order chi connectivity index (χ1) is 10.3. The van der Waals surface area contributed by atoms with Gasteiger partial charge >= 0.3 is 0 Å². The molecule has 0 spiro atoms. The molecule has 1 saturated carbocycles. The van der Waals surface area contributed by atoms with Crippen molar-refractivity contribution in [3.05, 3.63) is 65.2 Å². The van der Waals surface area contributed by atoms with Crippen molar-refractivity contribution in [1.29, 1.82) is 0 Å². The lowest BCUT2D eigenvalue weighted by Gasteiger charge is -2.08. The summed E-state index contributed by atoms with van der Waals surface area (Å²) in [5.41, 5.74) is 3.67. The molecule has 2 aromatic rings. The van der Waals surface area contributed by atoms with Crippen LogP contribution in [0.15, 0.2) is 53.4 Å². The topological polar surface area (TPSA) is 0 Å². The molecule has 0 bridgehead atoms. The lowest BCUT2D eigenvalue weighted by atomic mass is 9.97. The molecule has 0 aliphatic heterocycles. The van der Waals surface area contributed by atoms with E-state index in [9.17, 15) is 0 Å². The Kier molecular flexibility index (Phi) is 4.68. The highest BCUT2D eigenvalue weighted by molar-refractivity contribution is 7.98. The molecule has 0 heterocycles. The van der Waals surface area contributed by atoms with E-state index in [1.807, 2.05) is 0 Å². The quantitative estimate of drug-likeness (QED) is 0.523. The third-order valence-electron chi connectivity index (χ3n) is 4.18. The van der Waals surface area contributed by atoms with Crippen LogP contribution in [0.25, 0.3) is 0 Å². The van der Waals surface area contributed by atoms with Crippen molar-refractivity contribution < 1.29 is 0 Å². The molecule has 0 radical (unpaired) electrons. The first-order valence-corrected chi connectivity index (χ1v) is 8.84. The Hall–Kier alpha value is -1.65. The second-order valence-corrected chi connectivity index (χ2v) is 6.46. The largest absolute Gasteiger partial charge is 0.130 e. The summed E-state index contributed by atoms with van der Waals surface area (Å²) < 4.78 is 0. The summed E-state index contributed by atoms with van der Waals surface area (Å²) in [6, 6.07) is 17.3. The van der Waals surface area contributed by atoms with Crippen LogP contribution in [0.1, 0.15) is 48.3 Å². The van der Waals surface area contributed by atoms with Crippen LogP contribution in [0.2, 0.25) is 0 Å². The zero-order valence-corrected chi connectivity index (χ0v) is 13.2. The van der Waals surface area contributed by atoms with E-state index >= 15 is 0 Å². The monoisotopic (exact) mass is 292 g/mol. The van der Waals surface area contributed by atoms with Gasteiger partial charge in [-0.05, 0) is 67.0 Å². The van der Waals surface area contributed by atoms with Gasteiger partial charge in [-0.2, -0.15) is 0 Å². The van der Waals surface area contributed by atoms with Gasteiger partial charge < -0.3 is 0 Å². The highest BCUT2D eigenvalue weighted by Crippen LogP contribution is 2.33. The molecule has 1 fully saturated rings. The summed E-state index contributed by atoms with van der Waals surface area (Å²) in [6.07, 6.45) is 7.57. The van der Waals surface area contributed by atoms with Crippen LogP contribution >= 0.6 is 11.8 Å². The van der Waals surface area contributed by atoms with E-state index in [0.29, 0.717) is 0 Å². The van der Waals surface area contributed by atoms with Crippen molar-refractivity contribution in [1.82, 2.24) is 0 Å². The van der Waals surface area contributed by atoms with Gasteiger partial charge in [0.2, 0.25) is 0 Å². The lowest BCUT2D eigenvalue weighted by molar-refractivity contribution is 0.723. The molecule has 1 aliphatic carbocycles. The van der Waals surface area contributed by atoms with Crippen LogP contribution in [-0.2, 0) is 0 Å². The highest BCUT2D eigenvalue weighted by Gasteiger charge is 2.16. The summed E-state index contributed by atoms with van der Waals surface area (Å²) in [4.78, 5) is 1.28. The molecule has 0 nitrogen and oxygen atoms in total. The highest BCUT2D eigenvalue weighted by atomic mass is 32.2. The van der Waals surface area contributed by atoms with Crippen molar-refractivity contribution in [2.45, 2.75) is 36.5 Å². The molecule has 1 heteroatoms. The number of thioether (sulfide) groups is 1. The van der Waals surface area contributed by atoms with Crippen molar-refractivity contribution in [3.8, 4) is 11.8 Å². The zero-order chi connectivity index (χ0) is 14.5. The van der Waals surface area contributed by atoms with E-state index in [-0.39, 0.29) is 0 Å². The second kappa shape index (κ2) is 6.87. The molecule has 3 rings (SSSR count). The average molecular weight is 292 g/mol. The molecule has 106 valence electrons. The van der Waals surface area contributed by atoms with E-state index in [0.717, 1.165) is 17.0 Å². The van der Waals surface area contributed by atoms with Gasteiger partial charge in [-0.1, -0.05) is 36.8 Å². The van der Waals surface area contributed by atoms with Gasteiger partial charge in [-0.15, -0.1) is 11.8 Å². The minimum Gasteiger partial charge on any atom is -0.130 e. The zero-order valence-electron chi connectivity index (χ0n) is 12.4. The van der Waals surface area contributed by atoms with Crippen LogP contribution in [0, 0.1) is 11.8 Å². The summed E-state index contributed by atoms with van der Waals surface area (Å²) in [6.45, 7) is 0. The lowest BCUT2D eigenvalue weighted by Crippen LogP contribution is -1.91. The molecule has 0 unspecified atom stereocenters. The van der Waals surface area contributed by atoms with Gasteiger partial charge in [-0.25, -0.2) is 0 Å². The average Bonchev–Trinajstić information content (AvgIpc) is 3.08. The van der Waals surface area contributed by atoms with Gasteiger partial charge in [0.05, 0.1) is 0 Å². The van der Waals surface area contributed by atoms with E-state index in [4.69, 9.17) is 0 Å². The van der Waals surface area contributed by atoms with E-state index in [1.54, 1.807) is 11.8 Å². The molecule has 2 aromatic carbocycles. The molecular formula is C20H20S. The molecule has 0 N–H and O–H groups in total. The summed E-state index contributed by atoms with van der Waals surface area (Å²) >= 11 is 1.76. The van der Waals surface area contributed by atoms with Gasteiger partial charge in [0.15, 0.2) is 0 Å². The SMILES string of the molecule is CSc1ccc(C#Cc2ccc(C3CCCC3)cc2)cc1. The molecule has 0 aromatic heterocycles. The summed E-state index contributed by atoms with van der Waals surface area (Å²) in [7, 11) is 0. The van der Waals surface area contributed by atoms with Crippen molar-refractivity contribution in [2.24, 2.45) is 0 Å². The van der Waals surface area contributed by atoms with E-state index < -0.39 is 0 Å². The molecule has 0 amide bonds. The predicted octanol–water partition coefficient (Wildman–Crippen LogP) is 5.47. The maximum absolute atomic E-state index is 3.26. The summed E-state index contributed by atoms with van der Waals surface area (Å²) in [5, 5.41) is 0. The Morgan fingerprint density at radius 1 is 0.810 bits per heavy atom. The number of hydrogen-bond donors (Lipinski definition) is 0. The fraction of sp³-hybridized carbons (Fsp3) is 0.300. The van der Waals surface area contributed by atoms with Crippen LogP contribution in [0.5, 0.6) is 0 Å². The number of benzene rings is 2. The Labute approximate surface area is 132 Å². The number of rotatable bonds is 2. The normalized spacial score (nSPS) is 14.7. The minimum atomic E-state index is 0.783. The Morgan fingerprint density at radius 3 is 1.86 bits per heavy atom. The Bertz CT molecular complexity index is 635. The fourth-order valence-electron chi connectivity index (χ4n) is 2.92. The van der Waals surface area contributed by atoms with E-state index in [2.05, 4.69) is 66.6 Å². The van der Waals surface area contributed by atoms with Crippen LogP contribution in [0.3, 0.4) is 0 Å². The first kappa shape index (κ1) is 14.3. The third-order valence-corrected chi connectivity index (χ3v) is 4.92. The van der Waals surface area contributed by atoms with Gasteiger partial charge in [0.1, 0.15) is 0 Å². The fourth-order valence-corrected chi connectivity index (χ4v) is 3.32. The standard InChI is InChI=1S/C20H20S/c1-21-20-14-10-17(11-15-20)7-6-16-8-12-19(13-9-16)18-4-2-3-5-18/h8-15,18H,2-5H2,1H3. The van der Waals surface area contributed by atoms with Crippen molar-refractivity contribution in [2.75, 3.05) is 6.26 Å². The third kappa shape index (κ3) is 3.71. The van der Waals surface area contributed by atoms with Crippen molar-refractivity contribution >= 4 is 11.8 Å². The van der Waals surface area contributed by atoms with Crippen LogP contribution < -0.4 is 0 Å². The van der Waals surface area contributed by atoms with Crippen LogP contribution in [-0.4, -0.2) is 6.26 Å². The molecule has 0 saturated heterocycles. The Balaban J connectivity index is 1.71. The minimum absolute atomic E-state index is 0.783. The molecule has 21 heavy (non-hydrogen) atoms. The maximum Gasteiger partial charge on any atom is 0.0249 e. The van der Waals surface area contributed by atoms with Gasteiger partial charge in [0.25, 0.3) is 0 Å². The molecular weight excluding hydrogens is 272 g/mol. The molecule has 1 aliphatic rings. The smallest absolute Gasteiger partial charge is 0.0249 e. The van der Waals surface area contributed by atoms with Crippen molar-refractivity contribution in [3.63, 3.8) is 0 Å². The van der Waals surface area contributed by atoms with Gasteiger partial charge in [0, 0.05) is 16.0 Å². The number of hydrogen-bond acceptors (Lipinski definition) is 1. The maximum atomic E-state index is 3.26. The summed E-state index contributed by atoms with van der Waals surface area (Å²) in [5.74, 6) is 7.28. The van der Waals surface area contributed by atoms with E-state index in [1.165, 1.54) is 36.1 Å². The second-order valence-electron chi connectivity index (χ2n) is 5.58. The predicted molar refractivity (Wildman–Crippen MR) is 91.9 cm³/mol. The molecule has 0 atom stereocenters. The Morgan fingerprint density at radius 2 is 1.33 bits per heavy atom. The van der Waals surface area contributed by atoms with Gasteiger partial charge in [-0.3, -0.25) is 0 Å². The first-order valence-electron chi connectivity index (χ1n) is 7.61.